The molecule has 1 amide bonds. The van der Waals surface area contributed by atoms with E-state index in [4.69, 9.17) is 4.98 Å². The van der Waals surface area contributed by atoms with Crippen LogP contribution in [0.3, 0.4) is 0 Å². The van der Waals surface area contributed by atoms with E-state index in [0.29, 0.717) is 25.2 Å². The van der Waals surface area contributed by atoms with E-state index >= 15 is 0 Å². The Balaban J connectivity index is 1.73. The van der Waals surface area contributed by atoms with Crippen molar-refractivity contribution in [3.8, 4) is 11.3 Å². The molecule has 4 rings (SSSR count). The molecule has 0 aliphatic carbocycles. The molecule has 0 aliphatic rings. The van der Waals surface area contributed by atoms with Crippen LogP contribution in [0.1, 0.15) is 29.8 Å². The first-order valence-corrected chi connectivity index (χ1v) is 11.0. The van der Waals surface area contributed by atoms with Gasteiger partial charge in [-0.15, -0.1) is 0 Å². The lowest BCUT2D eigenvalue weighted by Crippen LogP contribution is -2.30. The fourth-order valence-electron chi connectivity index (χ4n) is 3.83. The number of rotatable bonds is 7. The molecule has 0 N–H and O–H groups in total. The van der Waals surface area contributed by atoms with E-state index in [-0.39, 0.29) is 5.91 Å². The van der Waals surface area contributed by atoms with Gasteiger partial charge in [-0.1, -0.05) is 42.5 Å². The maximum Gasteiger partial charge on any atom is 0.255 e. The molecule has 0 atom stereocenters. The van der Waals surface area contributed by atoms with E-state index in [9.17, 15) is 4.79 Å². The first-order valence-electron chi connectivity index (χ1n) is 11.0. The van der Waals surface area contributed by atoms with Crippen LogP contribution in [0.4, 0.5) is 5.69 Å². The van der Waals surface area contributed by atoms with E-state index in [1.54, 1.807) is 6.20 Å². The summed E-state index contributed by atoms with van der Waals surface area (Å²) in [5.74, 6) is -0.00980. The molecular weight excluding hydrogens is 398 g/mol. The van der Waals surface area contributed by atoms with Crippen LogP contribution in [-0.2, 0) is 13.1 Å². The molecule has 0 saturated carbocycles. The average Bonchev–Trinajstić information content (AvgIpc) is 3.25. The molecule has 6 nitrogen and oxygen atoms in total. The molecule has 0 bridgehead atoms. The summed E-state index contributed by atoms with van der Waals surface area (Å²) in [6.45, 7) is 5.90. The van der Waals surface area contributed by atoms with Gasteiger partial charge in [0, 0.05) is 45.0 Å². The van der Waals surface area contributed by atoms with Crippen molar-refractivity contribution in [2.24, 2.45) is 0 Å². The summed E-state index contributed by atoms with van der Waals surface area (Å²) in [6, 6.07) is 20.2. The highest BCUT2D eigenvalue weighted by Crippen LogP contribution is 2.26. The predicted octanol–water partition coefficient (Wildman–Crippen LogP) is 4.85. The topological polar surface area (TPSA) is 54.3 Å². The lowest BCUT2D eigenvalue weighted by atomic mass is 10.1. The summed E-state index contributed by atoms with van der Waals surface area (Å²) < 4.78 is 1.84. The van der Waals surface area contributed by atoms with E-state index in [2.05, 4.69) is 34.3 Å². The van der Waals surface area contributed by atoms with Crippen molar-refractivity contribution in [2.45, 2.75) is 26.9 Å². The van der Waals surface area contributed by atoms with Gasteiger partial charge in [-0.2, -0.15) is 5.10 Å². The molecule has 0 radical (unpaired) electrons. The van der Waals surface area contributed by atoms with Gasteiger partial charge in [-0.25, -0.2) is 9.67 Å². The molecule has 32 heavy (non-hydrogen) atoms. The Kier molecular flexibility index (Phi) is 6.21. The Morgan fingerprint density at radius 3 is 2.34 bits per heavy atom. The van der Waals surface area contributed by atoms with E-state index in [1.165, 1.54) is 0 Å². The van der Waals surface area contributed by atoms with E-state index < -0.39 is 0 Å². The number of aromatic nitrogens is 3. The minimum Gasteiger partial charge on any atom is -0.378 e. The van der Waals surface area contributed by atoms with Gasteiger partial charge in [0.2, 0.25) is 0 Å². The van der Waals surface area contributed by atoms with Gasteiger partial charge in [-0.3, -0.25) is 4.79 Å². The van der Waals surface area contributed by atoms with Crippen molar-refractivity contribution in [3.05, 3.63) is 78.0 Å². The fraction of sp³-hybridized carbons (Fsp3) is 0.269. The number of nitrogens with zero attached hydrogens (tertiary/aromatic N) is 5. The standard InChI is InChI=1S/C26H29N5O/c1-5-30(18-19-12-14-21(15-13-19)29(3)4)26(32)22-16-24(20-10-8-7-9-11-20)28-25-23(22)17-27-31(25)6-2/h7-17H,5-6,18H2,1-4H3. The van der Waals surface area contributed by atoms with Gasteiger partial charge in [0.15, 0.2) is 5.65 Å². The SMILES string of the molecule is CCN(Cc1ccc(N(C)C)cc1)C(=O)c1cc(-c2ccccc2)nc2c1cnn2CC. The van der Waals surface area contributed by atoms with E-state index in [1.807, 2.05) is 73.9 Å². The molecule has 4 aromatic rings. The Bertz CT molecular complexity index is 1210. The zero-order chi connectivity index (χ0) is 22.7. The highest BCUT2D eigenvalue weighted by atomic mass is 16.2. The van der Waals surface area contributed by atoms with Crippen LogP contribution in [0.25, 0.3) is 22.3 Å². The summed E-state index contributed by atoms with van der Waals surface area (Å²) in [7, 11) is 4.04. The van der Waals surface area contributed by atoms with Crippen LogP contribution >= 0.6 is 0 Å². The first-order chi connectivity index (χ1) is 15.5. The van der Waals surface area contributed by atoms with Crippen molar-refractivity contribution in [1.82, 2.24) is 19.7 Å². The highest BCUT2D eigenvalue weighted by molar-refractivity contribution is 6.06. The van der Waals surface area contributed by atoms with Crippen LogP contribution < -0.4 is 4.90 Å². The van der Waals surface area contributed by atoms with Gasteiger partial charge in [0.05, 0.1) is 22.8 Å². The third-order valence-electron chi connectivity index (χ3n) is 5.70. The number of hydrogen-bond acceptors (Lipinski definition) is 4. The number of fused-ring (bicyclic) bond motifs is 1. The molecule has 164 valence electrons. The molecule has 0 aliphatic heterocycles. The highest BCUT2D eigenvalue weighted by Gasteiger charge is 2.21. The number of pyridine rings is 1. The van der Waals surface area contributed by atoms with Gasteiger partial charge in [0.1, 0.15) is 0 Å². The Morgan fingerprint density at radius 2 is 1.72 bits per heavy atom. The predicted molar refractivity (Wildman–Crippen MR) is 130 cm³/mol. The number of carbonyl (C=O) groups excluding carboxylic acids is 1. The summed E-state index contributed by atoms with van der Waals surface area (Å²) in [4.78, 5) is 22.5. The van der Waals surface area contributed by atoms with Crippen molar-refractivity contribution < 1.29 is 4.79 Å². The zero-order valence-corrected chi connectivity index (χ0v) is 19.1. The zero-order valence-electron chi connectivity index (χ0n) is 19.1. The summed E-state index contributed by atoms with van der Waals surface area (Å²) in [6.07, 6.45) is 1.76. The maximum absolute atomic E-state index is 13.7. The average molecular weight is 428 g/mol. The molecule has 2 aromatic heterocycles. The molecule has 0 fully saturated rings. The first kappa shape index (κ1) is 21.6. The molecule has 2 heterocycles. The largest absolute Gasteiger partial charge is 0.378 e. The monoisotopic (exact) mass is 427 g/mol. The molecule has 2 aromatic carbocycles. The number of amides is 1. The molecule has 0 unspecified atom stereocenters. The van der Waals surface area contributed by atoms with Crippen LogP contribution in [0, 0.1) is 0 Å². The quantitative estimate of drug-likeness (QED) is 0.423. The van der Waals surface area contributed by atoms with Crippen LogP contribution in [0.5, 0.6) is 0 Å². The smallest absolute Gasteiger partial charge is 0.255 e. The number of aryl methyl sites for hydroxylation is 1. The summed E-state index contributed by atoms with van der Waals surface area (Å²) in [5.41, 5.74) is 5.38. The number of hydrogen-bond donors (Lipinski definition) is 0. The Morgan fingerprint density at radius 1 is 1.00 bits per heavy atom. The van der Waals surface area contributed by atoms with Gasteiger partial charge in [0.25, 0.3) is 5.91 Å². The third-order valence-corrected chi connectivity index (χ3v) is 5.70. The number of benzene rings is 2. The number of anilines is 1. The maximum atomic E-state index is 13.7. The second-order valence-corrected chi connectivity index (χ2v) is 8.00. The second kappa shape index (κ2) is 9.22. The van der Waals surface area contributed by atoms with Crippen LogP contribution in [0.15, 0.2) is 66.9 Å². The van der Waals surface area contributed by atoms with Gasteiger partial charge in [-0.05, 0) is 37.6 Å². The second-order valence-electron chi connectivity index (χ2n) is 8.00. The minimum absolute atomic E-state index is 0.00980. The Hall–Kier alpha value is -3.67. The number of carbonyl (C=O) groups is 1. The van der Waals surface area contributed by atoms with Crippen molar-refractivity contribution in [2.75, 3.05) is 25.5 Å². The summed E-state index contributed by atoms with van der Waals surface area (Å²) in [5, 5.41) is 5.26. The van der Waals surface area contributed by atoms with Gasteiger partial charge < -0.3 is 9.80 Å². The van der Waals surface area contributed by atoms with Crippen LogP contribution in [-0.4, -0.2) is 46.2 Å². The normalized spacial score (nSPS) is 11.0. The Labute approximate surface area is 189 Å². The lowest BCUT2D eigenvalue weighted by Gasteiger charge is -2.22. The van der Waals surface area contributed by atoms with Crippen molar-refractivity contribution in [3.63, 3.8) is 0 Å². The van der Waals surface area contributed by atoms with Gasteiger partial charge >= 0.3 is 0 Å². The van der Waals surface area contributed by atoms with Crippen molar-refractivity contribution in [1.29, 1.82) is 0 Å². The third kappa shape index (κ3) is 4.21. The molecular formula is C26H29N5O. The van der Waals surface area contributed by atoms with Crippen molar-refractivity contribution >= 4 is 22.6 Å². The lowest BCUT2D eigenvalue weighted by molar-refractivity contribution is 0.0754. The van der Waals surface area contributed by atoms with Crippen LogP contribution in [0.2, 0.25) is 0 Å². The summed E-state index contributed by atoms with van der Waals surface area (Å²) >= 11 is 0. The molecule has 6 heteroatoms. The molecule has 0 saturated heterocycles. The molecule has 0 spiro atoms. The minimum atomic E-state index is -0.00980. The van der Waals surface area contributed by atoms with E-state index in [0.717, 1.165) is 33.5 Å². The fourth-order valence-corrected chi connectivity index (χ4v) is 3.83.